The highest BCUT2D eigenvalue weighted by Gasteiger charge is 2.14. The Kier molecular flexibility index (Phi) is 10.5. The lowest BCUT2D eigenvalue weighted by Gasteiger charge is -2.26. The molecule has 0 amide bonds. The van der Waals surface area contributed by atoms with Gasteiger partial charge in [0.05, 0.1) is 0 Å². The molecule has 0 aromatic heterocycles. The van der Waals surface area contributed by atoms with Gasteiger partial charge in [-0.2, -0.15) is 0 Å². The quantitative estimate of drug-likeness (QED) is 0.130. The van der Waals surface area contributed by atoms with Gasteiger partial charge in [0.2, 0.25) is 0 Å². The van der Waals surface area contributed by atoms with Gasteiger partial charge in [-0.1, -0.05) is 121 Å². The highest BCUT2D eigenvalue weighted by Crippen LogP contribution is 2.37. The van der Waals surface area contributed by atoms with Crippen molar-refractivity contribution in [3.63, 3.8) is 0 Å². The van der Waals surface area contributed by atoms with E-state index in [4.69, 9.17) is 0 Å². The molecule has 0 heterocycles. The Morgan fingerprint density at radius 1 is 0.268 bits per heavy atom. The highest BCUT2D eigenvalue weighted by molar-refractivity contribution is 5.89. The summed E-state index contributed by atoms with van der Waals surface area (Å²) in [7, 11) is 0. The van der Waals surface area contributed by atoms with Crippen LogP contribution in [0.3, 0.4) is 0 Å². The van der Waals surface area contributed by atoms with E-state index in [-0.39, 0.29) is 0 Å². The van der Waals surface area contributed by atoms with Crippen LogP contribution in [0.2, 0.25) is 0 Å². The van der Waals surface area contributed by atoms with Crippen molar-refractivity contribution in [1.82, 2.24) is 0 Å². The summed E-state index contributed by atoms with van der Waals surface area (Å²) in [5.41, 5.74) is 16.7. The first-order chi connectivity index (χ1) is 27.4. The third kappa shape index (κ3) is 8.11. The van der Waals surface area contributed by atoms with Crippen molar-refractivity contribution in [2.24, 2.45) is 0 Å². The SMILES string of the molecule is Cc1ccc(N(c2ccccc2)c2ccc(C=Cc3ccc4cc(C=Cc5ccc(N(c6ccccc6)c6ccc(C)c(C)c6)cc5)ccc4c3)cc2)cc1C. The van der Waals surface area contributed by atoms with E-state index in [0.717, 1.165) is 45.3 Å². The fourth-order valence-electron chi connectivity index (χ4n) is 7.12. The number of para-hydroxylation sites is 2. The Balaban J connectivity index is 0.961. The van der Waals surface area contributed by atoms with Gasteiger partial charge in [-0.15, -0.1) is 0 Å². The minimum Gasteiger partial charge on any atom is -0.310 e. The maximum Gasteiger partial charge on any atom is 0.0464 e. The van der Waals surface area contributed by atoms with Crippen molar-refractivity contribution in [3.8, 4) is 0 Å². The molecule has 0 aliphatic carbocycles. The maximum atomic E-state index is 2.32. The number of aryl methyl sites for hydroxylation is 4. The van der Waals surface area contributed by atoms with Crippen molar-refractivity contribution in [3.05, 3.63) is 226 Å². The minimum absolute atomic E-state index is 1.13. The Labute approximate surface area is 332 Å². The van der Waals surface area contributed by atoms with Crippen LogP contribution in [0, 0.1) is 27.7 Å². The lowest BCUT2D eigenvalue weighted by molar-refractivity contribution is 1.25. The fourth-order valence-corrected chi connectivity index (χ4v) is 7.12. The molecule has 0 atom stereocenters. The van der Waals surface area contributed by atoms with Crippen molar-refractivity contribution < 1.29 is 0 Å². The van der Waals surface area contributed by atoms with E-state index in [0.29, 0.717) is 0 Å². The van der Waals surface area contributed by atoms with Gasteiger partial charge in [0.25, 0.3) is 0 Å². The van der Waals surface area contributed by atoms with Gasteiger partial charge >= 0.3 is 0 Å². The van der Waals surface area contributed by atoms with E-state index in [9.17, 15) is 0 Å². The summed E-state index contributed by atoms with van der Waals surface area (Å²) in [5.74, 6) is 0. The smallest absolute Gasteiger partial charge is 0.0464 e. The predicted molar refractivity (Wildman–Crippen MR) is 243 cm³/mol. The molecule has 0 aliphatic rings. The first-order valence-corrected chi connectivity index (χ1v) is 19.3. The average molecular weight is 723 g/mol. The number of benzene rings is 8. The van der Waals surface area contributed by atoms with Crippen LogP contribution in [0.25, 0.3) is 35.1 Å². The minimum atomic E-state index is 1.13. The Bertz CT molecular complexity index is 2470. The molecular formula is C54H46N2. The molecule has 8 rings (SSSR count). The molecule has 8 aromatic rings. The number of hydrogen-bond acceptors (Lipinski definition) is 2. The summed E-state index contributed by atoms with van der Waals surface area (Å²) < 4.78 is 0. The second-order valence-electron chi connectivity index (χ2n) is 14.6. The monoisotopic (exact) mass is 722 g/mol. The van der Waals surface area contributed by atoms with Crippen LogP contribution in [-0.2, 0) is 0 Å². The van der Waals surface area contributed by atoms with E-state index in [1.54, 1.807) is 0 Å². The van der Waals surface area contributed by atoms with Gasteiger partial charge in [0.15, 0.2) is 0 Å². The molecule has 0 fully saturated rings. The zero-order chi connectivity index (χ0) is 38.4. The van der Waals surface area contributed by atoms with Gasteiger partial charge in [-0.05, 0) is 168 Å². The molecule has 0 unspecified atom stereocenters. The molecule has 0 spiro atoms. The maximum absolute atomic E-state index is 2.32. The van der Waals surface area contributed by atoms with Gasteiger partial charge in [-0.3, -0.25) is 0 Å². The predicted octanol–water partition coefficient (Wildman–Crippen LogP) is 15.4. The Morgan fingerprint density at radius 2 is 0.589 bits per heavy atom. The van der Waals surface area contributed by atoms with Crippen molar-refractivity contribution in [2.45, 2.75) is 27.7 Å². The first-order valence-electron chi connectivity index (χ1n) is 19.3. The number of anilines is 6. The molecule has 0 bridgehead atoms. The largest absolute Gasteiger partial charge is 0.310 e. The van der Waals surface area contributed by atoms with Crippen molar-refractivity contribution in [1.29, 1.82) is 0 Å². The second kappa shape index (κ2) is 16.2. The summed E-state index contributed by atoms with van der Waals surface area (Å²) in [6, 6.07) is 65.4. The van der Waals surface area contributed by atoms with Crippen molar-refractivity contribution in [2.75, 3.05) is 9.80 Å². The number of nitrogens with zero attached hydrogens (tertiary/aromatic N) is 2. The summed E-state index contributed by atoms with van der Waals surface area (Å²) >= 11 is 0. The molecule has 56 heavy (non-hydrogen) atoms. The highest BCUT2D eigenvalue weighted by atomic mass is 15.1. The molecule has 0 radical (unpaired) electrons. The van der Waals surface area contributed by atoms with E-state index in [2.05, 4.69) is 244 Å². The molecule has 8 aromatic carbocycles. The fraction of sp³-hybridized carbons (Fsp3) is 0.0741. The number of fused-ring (bicyclic) bond motifs is 1. The summed E-state index contributed by atoms with van der Waals surface area (Å²) in [4.78, 5) is 4.63. The third-order valence-electron chi connectivity index (χ3n) is 10.7. The van der Waals surface area contributed by atoms with E-state index < -0.39 is 0 Å². The third-order valence-corrected chi connectivity index (χ3v) is 10.7. The molecule has 0 aliphatic heterocycles. The molecule has 272 valence electrons. The zero-order valence-corrected chi connectivity index (χ0v) is 32.5. The standard InChI is InChI=1S/C54H46N2/c1-39-15-29-53(35-41(39)3)55(49-11-7-5-8-12-49)51-31-23-43(24-32-51)17-19-45-21-27-48-38-46(22-28-47(48)37-45)20-18-44-25-33-52(34-26-44)56(50-13-9-6-10-14-50)54-30-16-40(2)42(4)36-54/h5-38H,1-4H3. The summed E-state index contributed by atoms with van der Waals surface area (Å²) in [6.45, 7) is 8.67. The first kappa shape index (κ1) is 36.1. The lowest BCUT2D eigenvalue weighted by atomic mass is 10.0. The van der Waals surface area contributed by atoms with Crippen LogP contribution < -0.4 is 9.80 Å². The van der Waals surface area contributed by atoms with Gasteiger partial charge < -0.3 is 9.80 Å². The molecule has 2 nitrogen and oxygen atoms in total. The second-order valence-corrected chi connectivity index (χ2v) is 14.6. The normalized spacial score (nSPS) is 11.4. The van der Waals surface area contributed by atoms with Crippen LogP contribution in [0.1, 0.15) is 44.5 Å². The summed E-state index contributed by atoms with van der Waals surface area (Å²) in [6.07, 6.45) is 8.78. The van der Waals surface area contributed by atoms with E-state index >= 15 is 0 Å². The zero-order valence-electron chi connectivity index (χ0n) is 32.5. The Morgan fingerprint density at radius 3 is 0.964 bits per heavy atom. The Hall–Kier alpha value is -6.90. The van der Waals surface area contributed by atoms with E-state index in [1.807, 2.05) is 0 Å². The van der Waals surface area contributed by atoms with Crippen LogP contribution >= 0.6 is 0 Å². The molecule has 0 N–H and O–H groups in total. The number of hydrogen-bond donors (Lipinski definition) is 0. The van der Waals surface area contributed by atoms with Gasteiger partial charge in [-0.25, -0.2) is 0 Å². The van der Waals surface area contributed by atoms with Crippen LogP contribution in [-0.4, -0.2) is 0 Å². The van der Waals surface area contributed by atoms with E-state index in [1.165, 1.54) is 44.2 Å². The van der Waals surface area contributed by atoms with Crippen LogP contribution in [0.4, 0.5) is 34.1 Å². The van der Waals surface area contributed by atoms with Crippen LogP contribution in [0.5, 0.6) is 0 Å². The van der Waals surface area contributed by atoms with Crippen molar-refractivity contribution >= 4 is 69.2 Å². The van der Waals surface area contributed by atoms with Crippen LogP contribution in [0.15, 0.2) is 182 Å². The number of rotatable bonds is 10. The summed E-state index contributed by atoms with van der Waals surface area (Å²) in [5, 5.41) is 2.45. The lowest BCUT2D eigenvalue weighted by Crippen LogP contribution is -2.10. The van der Waals surface area contributed by atoms with Gasteiger partial charge in [0, 0.05) is 34.1 Å². The van der Waals surface area contributed by atoms with Gasteiger partial charge in [0.1, 0.15) is 0 Å². The molecular weight excluding hydrogens is 677 g/mol. The molecule has 0 saturated heterocycles. The molecule has 2 heteroatoms. The topological polar surface area (TPSA) is 6.48 Å². The molecule has 0 saturated carbocycles. The average Bonchev–Trinajstić information content (AvgIpc) is 3.23.